The van der Waals surface area contributed by atoms with Crippen LogP contribution in [0.3, 0.4) is 0 Å². The summed E-state index contributed by atoms with van der Waals surface area (Å²) >= 11 is 0. The highest BCUT2D eigenvalue weighted by atomic mass is 16.4. The predicted octanol–water partition coefficient (Wildman–Crippen LogP) is 0.594. The second kappa shape index (κ2) is 4.64. The first kappa shape index (κ1) is 12.4. The molecule has 0 aromatic heterocycles. The number of hydrogen-bond acceptors (Lipinski definition) is 3. The molecule has 2 fully saturated rings. The van der Waals surface area contributed by atoms with Gasteiger partial charge in [-0.25, -0.2) is 0 Å². The Bertz CT molecular complexity index is 332. The first-order valence-corrected chi connectivity index (χ1v) is 6.31. The fraction of sp³-hybridized carbons (Fsp3) is 0.833. The second-order valence-electron chi connectivity index (χ2n) is 5.23. The maximum atomic E-state index is 11.5. The van der Waals surface area contributed by atoms with Crippen molar-refractivity contribution in [2.45, 2.75) is 50.6 Å². The third-order valence-corrected chi connectivity index (χ3v) is 4.06. The lowest BCUT2D eigenvalue weighted by molar-refractivity contribution is -0.150. The van der Waals surface area contributed by atoms with Gasteiger partial charge < -0.3 is 10.4 Å². The molecule has 0 aromatic rings. The number of rotatable bonds is 2. The highest BCUT2D eigenvalue weighted by Gasteiger charge is 2.46. The number of carbonyl (C=O) groups is 2. The number of carboxylic acids is 1. The molecule has 0 saturated carbocycles. The highest BCUT2D eigenvalue weighted by Crippen LogP contribution is 2.33. The molecule has 2 aliphatic rings. The van der Waals surface area contributed by atoms with Crippen LogP contribution in [0.5, 0.6) is 0 Å². The summed E-state index contributed by atoms with van der Waals surface area (Å²) in [5.41, 5.74) is -0.782. The number of amides is 1. The van der Waals surface area contributed by atoms with Gasteiger partial charge in [0.15, 0.2) is 0 Å². The highest BCUT2D eigenvalue weighted by molar-refractivity contribution is 5.79. The fourth-order valence-corrected chi connectivity index (χ4v) is 3.02. The van der Waals surface area contributed by atoms with Gasteiger partial charge in [0.25, 0.3) is 0 Å². The maximum Gasteiger partial charge on any atom is 0.323 e. The minimum atomic E-state index is -0.782. The first-order valence-electron chi connectivity index (χ1n) is 6.31. The molecule has 5 heteroatoms. The van der Waals surface area contributed by atoms with E-state index in [1.807, 2.05) is 4.90 Å². The lowest BCUT2D eigenvalue weighted by Gasteiger charge is -2.37. The van der Waals surface area contributed by atoms with Crippen LogP contribution in [-0.4, -0.2) is 46.6 Å². The Morgan fingerprint density at radius 3 is 3.00 bits per heavy atom. The van der Waals surface area contributed by atoms with Crippen molar-refractivity contribution >= 4 is 11.9 Å². The summed E-state index contributed by atoms with van der Waals surface area (Å²) in [6.07, 6.45) is 3.86. The molecule has 2 saturated heterocycles. The van der Waals surface area contributed by atoms with Crippen LogP contribution in [0, 0.1) is 0 Å². The SMILES string of the molecule is CC1(C(=O)O)CCCN1C1CCCNC(=O)C1. The van der Waals surface area contributed by atoms with Crippen LogP contribution in [0.1, 0.15) is 39.0 Å². The summed E-state index contributed by atoms with van der Waals surface area (Å²) in [7, 11) is 0. The van der Waals surface area contributed by atoms with E-state index in [1.54, 1.807) is 6.92 Å². The van der Waals surface area contributed by atoms with Crippen molar-refractivity contribution in [3.8, 4) is 0 Å². The van der Waals surface area contributed by atoms with Gasteiger partial charge in [0, 0.05) is 19.0 Å². The number of hydrogen-bond donors (Lipinski definition) is 2. The molecule has 0 spiro atoms. The first-order chi connectivity index (χ1) is 8.04. The van der Waals surface area contributed by atoms with Crippen LogP contribution in [-0.2, 0) is 9.59 Å². The van der Waals surface area contributed by atoms with Gasteiger partial charge in [-0.2, -0.15) is 0 Å². The zero-order chi connectivity index (χ0) is 12.5. The molecule has 17 heavy (non-hydrogen) atoms. The zero-order valence-corrected chi connectivity index (χ0v) is 10.2. The maximum absolute atomic E-state index is 11.5. The molecule has 2 heterocycles. The summed E-state index contributed by atoms with van der Waals surface area (Å²) in [5.74, 6) is -0.716. The van der Waals surface area contributed by atoms with Crippen molar-refractivity contribution in [3.63, 3.8) is 0 Å². The molecular formula is C12H20N2O3. The van der Waals surface area contributed by atoms with Gasteiger partial charge in [-0.05, 0) is 39.2 Å². The summed E-state index contributed by atoms with van der Waals surface area (Å²) in [5, 5.41) is 12.2. The normalized spacial score (nSPS) is 35.4. The van der Waals surface area contributed by atoms with E-state index in [9.17, 15) is 14.7 Å². The number of nitrogens with zero attached hydrogens (tertiary/aromatic N) is 1. The van der Waals surface area contributed by atoms with E-state index < -0.39 is 11.5 Å². The molecule has 2 rings (SSSR count). The van der Waals surface area contributed by atoms with Gasteiger partial charge in [-0.1, -0.05) is 0 Å². The average Bonchev–Trinajstić information content (AvgIpc) is 2.54. The van der Waals surface area contributed by atoms with Crippen molar-refractivity contribution in [2.75, 3.05) is 13.1 Å². The van der Waals surface area contributed by atoms with E-state index in [0.717, 1.165) is 25.8 Å². The third-order valence-electron chi connectivity index (χ3n) is 4.06. The molecule has 2 atom stereocenters. The molecule has 5 nitrogen and oxygen atoms in total. The minimum Gasteiger partial charge on any atom is -0.480 e. The molecule has 2 N–H and O–H groups in total. The standard InChI is InChI=1S/C12H20N2O3/c1-12(11(16)17)5-3-7-14(12)9-4-2-6-13-10(15)8-9/h9H,2-8H2,1H3,(H,13,15)(H,16,17). The molecule has 2 unspecified atom stereocenters. The van der Waals surface area contributed by atoms with E-state index in [4.69, 9.17) is 0 Å². The number of likely N-dealkylation sites (tertiary alicyclic amines) is 1. The molecular weight excluding hydrogens is 220 g/mol. The number of nitrogens with one attached hydrogen (secondary N) is 1. The fourth-order valence-electron chi connectivity index (χ4n) is 3.02. The molecule has 0 radical (unpaired) electrons. The quantitative estimate of drug-likeness (QED) is 0.741. The second-order valence-corrected chi connectivity index (χ2v) is 5.23. The van der Waals surface area contributed by atoms with Gasteiger partial charge in [0.05, 0.1) is 0 Å². The zero-order valence-electron chi connectivity index (χ0n) is 10.2. The van der Waals surface area contributed by atoms with E-state index in [1.165, 1.54) is 0 Å². The van der Waals surface area contributed by atoms with Crippen molar-refractivity contribution in [2.24, 2.45) is 0 Å². The Labute approximate surface area is 101 Å². The summed E-state index contributed by atoms with van der Waals surface area (Å²) < 4.78 is 0. The Balaban J connectivity index is 2.14. The third kappa shape index (κ3) is 2.29. The predicted molar refractivity (Wildman–Crippen MR) is 62.6 cm³/mol. The molecule has 2 aliphatic heterocycles. The van der Waals surface area contributed by atoms with Gasteiger partial charge in [-0.3, -0.25) is 14.5 Å². The van der Waals surface area contributed by atoms with E-state index in [-0.39, 0.29) is 11.9 Å². The number of aliphatic carboxylic acids is 1. The Hall–Kier alpha value is -1.10. The van der Waals surface area contributed by atoms with Crippen LogP contribution in [0.25, 0.3) is 0 Å². The van der Waals surface area contributed by atoms with Crippen LogP contribution in [0.15, 0.2) is 0 Å². The van der Waals surface area contributed by atoms with Crippen molar-refractivity contribution in [1.82, 2.24) is 10.2 Å². The smallest absolute Gasteiger partial charge is 0.323 e. The summed E-state index contributed by atoms with van der Waals surface area (Å²) in [4.78, 5) is 25.0. The van der Waals surface area contributed by atoms with Gasteiger partial charge in [-0.15, -0.1) is 0 Å². The van der Waals surface area contributed by atoms with Crippen molar-refractivity contribution in [3.05, 3.63) is 0 Å². The van der Waals surface area contributed by atoms with Crippen molar-refractivity contribution < 1.29 is 14.7 Å². The molecule has 1 amide bonds. The summed E-state index contributed by atoms with van der Waals surface area (Å²) in [6.45, 7) is 3.29. The van der Waals surface area contributed by atoms with Crippen molar-refractivity contribution in [1.29, 1.82) is 0 Å². The van der Waals surface area contributed by atoms with Gasteiger partial charge in [0.1, 0.15) is 5.54 Å². The van der Waals surface area contributed by atoms with Crippen LogP contribution in [0.2, 0.25) is 0 Å². The molecule has 0 aromatic carbocycles. The largest absolute Gasteiger partial charge is 0.480 e. The average molecular weight is 240 g/mol. The van der Waals surface area contributed by atoms with E-state index in [2.05, 4.69) is 5.32 Å². The van der Waals surface area contributed by atoms with Crippen LogP contribution in [0.4, 0.5) is 0 Å². The Morgan fingerprint density at radius 2 is 2.29 bits per heavy atom. The number of carbonyl (C=O) groups excluding carboxylic acids is 1. The van der Waals surface area contributed by atoms with Crippen LogP contribution < -0.4 is 5.32 Å². The Morgan fingerprint density at radius 1 is 1.53 bits per heavy atom. The van der Waals surface area contributed by atoms with Gasteiger partial charge >= 0.3 is 5.97 Å². The molecule has 0 aliphatic carbocycles. The van der Waals surface area contributed by atoms with Crippen LogP contribution >= 0.6 is 0 Å². The minimum absolute atomic E-state index is 0.0483. The number of carboxylic acid groups (broad SMARTS) is 1. The monoisotopic (exact) mass is 240 g/mol. The summed E-state index contributed by atoms with van der Waals surface area (Å²) in [6, 6.07) is 0.0844. The molecule has 0 bridgehead atoms. The van der Waals surface area contributed by atoms with E-state index in [0.29, 0.717) is 19.4 Å². The lowest BCUT2D eigenvalue weighted by atomic mass is 9.95. The Kier molecular flexibility index (Phi) is 3.38. The van der Waals surface area contributed by atoms with Gasteiger partial charge in [0.2, 0.25) is 5.91 Å². The molecule has 96 valence electrons. The lowest BCUT2D eigenvalue weighted by Crippen LogP contribution is -2.53. The van der Waals surface area contributed by atoms with E-state index >= 15 is 0 Å². The topological polar surface area (TPSA) is 69.6 Å².